The highest BCUT2D eigenvalue weighted by Gasteiger charge is 2.07. The lowest BCUT2D eigenvalue weighted by Gasteiger charge is -2.06. The third-order valence-electron chi connectivity index (χ3n) is 2.25. The largest absolute Gasteiger partial charge is 0.294 e. The molecule has 0 heterocycles. The molecule has 0 amide bonds. The van der Waals surface area contributed by atoms with E-state index in [1.165, 1.54) is 6.08 Å². The highest BCUT2D eigenvalue weighted by Crippen LogP contribution is 2.13. The topological polar surface area (TPSA) is 63.2 Å². The van der Waals surface area contributed by atoms with Gasteiger partial charge < -0.3 is 0 Å². The molecule has 19 heavy (non-hydrogen) atoms. The van der Waals surface area contributed by atoms with E-state index in [4.69, 9.17) is 11.6 Å². The first-order valence-corrected chi connectivity index (χ1v) is 8.03. The lowest BCUT2D eigenvalue weighted by Crippen LogP contribution is -2.15. The Kier molecular flexibility index (Phi) is 6.05. The smallest absolute Gasteiger partial charge is 0.232 e. The molecule has 0 spiro atoms. The van der Waals surface area contributed by atoms with Gasteiger partial charge in [0.1, 0.15) is 0 Å². The molecule has 1 N–H and O–H groups in total. The first-order valence-electron chi connectivity index (χ1n) is 5.84. The number of anilines is 1. The number of hydrogen-bond donors (Lipinski definition) is 1. The third kappa shape index (κ3) is 5.89. The van der Waals surface area contributed by atoms with Gasteiger partial charge in [-0.15, -0.1) is 11.6 Å². The van der Waals surface area contributed by atoms with E-state index in [1.807, 2.05) is 0 Å². The molecule has 1 aromatic carbocycles. The fraction of sp³-hybridized carbons (Fsp3) is 0.308. The monoisotopic (exact) mass is 301 g/mol. The van der Waals surface area contributed by atoms with E-state index in [0.29, 0.717) is 12.1 Å². The molecule has 0 radical (unpaired) electrons. The normalized spacial score (nSPS) is 11.7. The second-order valence-corrected chi connectivity index (χ2v) is 6.09. The minimum absolute atomic E-state index is 0.0502. The molecule has 0 unspecified atom stereocenters. The minimum Gasteiger partial charge on any atom is -0.294 e. The standard InChI is InChI=1S/C13H16ClNO3S/c1-2-9-19(17,18)15-12-6-3-11(4-7-12)5-8-13(16)10-14/h3-8,15H,2,9-10H2,1H3. The van der Waals surface area contributed by atoms with Crippen LogP contribution in [0.25, 0.3) is 6.08 Å². The summed E-state index contributed by atoms with van der Waals surface area (Å²) in [6.07, 6.45) is 3.59. The van der Waals surface area contributed by atoms with Crippen LogP contribution in [0, 0.1) is 0 Å². The van der Waals surface area contributed by atoms with Gasteiger partial charge in [-0.2, -0.15) is 0 Å². The number of sulfonamides is 1. The summed E-state index contributed by atoms with van der Waals surface area (Å²) >= 11 is 5.37. The predicted molar refractivity (Wildman–Crippen MR) is 78.9 cm³/mol. The molecule has 104 valence electrons. The summed E-state index contributed by atoms with van der Waals surface area (Å²) in [6.45, 7) is 1.81. The van der Waals surface area contributed by atoms with Crippen LogP contribution in [0.15, 0.2) is 30.3 Å². The van der Waals surface area contributed by atoms with Gasteiger partial charge in [-0.25, -0.2) is 8.42 Å². The number of ketones is 1. The van der Waals surface area contributed by atoms with E-state index in [9.17, 15) is 13.2 Å². The Balaban J connectivity index is 2.72. The van der Waals surface area contributed by atoms with Crippen molar-refractivity contribution in [2.24, 2.45) is 0 Å². The molecule has 0 aromatic heterocycles. The molecule has 0 bridgehead atoms. The van der Waals surface area contributed by atoms with Gasteiger partial charge in [0.15, 0.2) is 5.78 Å². The minimum atomic E-state index is -3.27. The first kappa shape index (κ1) is 15.7. The van der Waals surface area contributed by atoms with Crippen molar-refractivity contribution in [1.82, 2.24) is 0 Å². The number of hydrogen-bond acceptors (Lipinski definition) is 3. The first-order chi connectivity index (χ1) is 8.96. The molecular formula is C13H16ClNO3S. The molecule has 0 saturated heterocycles. The summed E-state index contributed by atoms with van der Waals surface area (Å²) < 4.78 is 25.6. The molecule has 0 aliphatic carbocycles. The van der Waals surface area contributed by atoms with Gasteiger partial charge in [-0.1, -0.05) is 25.1 Å². The van der Waals surface area contributed by atoms with E-state index in [-0.39, 0.29) is 17.4 Å². The van der Waals surface area contributed by atoms with Crippen LogP contribution in [0.1, 0.15) is 18.9 Å². The van der Waals surface area contributed by atoms with Crippen LogP contribution in [0.2, 0.25) is 0 Å². The Bertz CT molecular complexity index is 550. The van der Waals surface area contributed by atoms with Crippen molar-refractivity contribution in [3.8, 4) is 0 Å². The van der Waals surface area contributed by atoms with Crippen LogP contribution in [0.4, 0.5) is 5.69 Å². The van der Waals surface area contributed by atoms with Gasteiger partial charge >= 0.3 is 0 Å². The molecular weight excluding hydrogens is 286 g/mol. The summed E-state index contributed by atoms with van der Waals surface area (Å²) in [6, 6.07) is 6.75. The number of allylic oxidation sites excluding steroid dienone is 1. The number of benzene rings is 1. The van der Waals surface area contributed by atoms with E-state index in [0.717, 1.165) is 5.56 Å². The average Bonchev–Trinajstić information content (AvgIpc) is 2.37. The average molecular weight is 302 g/mol. The molecule has 0 saturated carbocycles. The van der Waals surface area contributed by atoms with E-state index in [2.05, 4.69) is 4.72 Å². The number of rotatable bonds is 7. The van der Waals surface area contributed by atoms with Crippen molar-refractivity contribution in [3.05, 3.63) is 35.9 Å². The lowest BCUT2D eigenvalue weighted by atomic mass is 10.2. The number of alkyl halides is 1. The summed E-state index contributed by atoms with van der Waals surface area (Å²) in [5.74, 6) is -0.126. The molecule has 0 aliphatic rings. The molecule has 4 nitrogen and oxygen atoms in total. The highest BCUT2D eigenvalue weighted by atomic mass is 35.5. The zero-order valence-corrected chi connectivity index (χ0v) is 12.2. The van der Waals surface area contributed by atoms with Gasteiger partial charge in [0.25, 0.3) is 0 Å². The molecule has 0 aliphatic heterocycles. The number of carbonyl (C=O) groups is 1. The lowest BCUT2D eigenvalue weighted by molar-refractivity contribution is -0.112. The zero-order valence-electron chi connectivity index (χ0n) is 10.6. The Morgan fingerprint density at radius 3 is 2.47 bits per heavy atom. The molecule has 6 heteroatoms. The number of carbonyl (C=O) groups excluding carboxylic acids is 1. The van der Waals surface area contributed by atoms with E-state index >= 15 is 0 Å². The SMILES string of the molecule is CCCS(=O)(=O)Nc1ccc(C=CC(=O)CCl)cc1. The van der Waals surface area contributed by atoms with Crippen LogP contribution < -0.4 is 4.72 Å². The molecule has 0 fully saturated rings. The van der Waals surface area contributed by atoms with Crippen molar-refractivity contribution in [2.45, 2.75) is 13.3 Å². The predicted octanol–water partition coefficient (Wildman–Crippen LogP) is 2.66. The fourth-order valence-corrected chi connectivity index (χ4v) is 2.62. The molecule has 0 atom stereocenters. The van der Waals surface area contributed by atoms with Gasteiger partial charge in [-0.05, 0) is 30.2 Å². The maximum absolute atomic E-state index is 11.6. The highest BCUT2D eigenvalue weighted by molar-refractivity contribution is 7.92. The van der Waals surface area contributed by atoms with Gasteiger partial charge in [-0.3, -0.25) is 9.52 Å². The van der Waals surface area contributed by atoms with Crippen LogP contribution in [-0.4, -0.2) is 25.8 Å². The fourth-order valence-electron chi connectivity index (χ4n) is 1.40. The summed E-state index contributed by atoms with van der Waals surface area (Å²) in [7, 11) is -3.27. The Morgan fingerprint density at radius 1 is 1.32 bits per heavy atom. The summed E-state index contributed by atoms with van der Waals surface area (Å²) in [5, 5.41) is 0. The molecule has 1 aromatic rings. The van der Waals surface area contributed by atoms with Crippen molar-refractivity contribution in [3.63, 3.8) is 0 Å². The van der Waals surface area contributed by atoms with Crippen molar-refractivity contribution >= 4 is 39.2 Å². The quantitative estimate of drug-likeness (QED) is 0.622. The third-order valence-corrected chi connectivity index (χ3v) is 4.01. The van der Waals surface area contributed by atoms with Gasteiger partial charge in [0, 0.05) is 5.69 Å². The van der Waals surface area contributed by atoms with Crippen LogP contribution in [0.5, 0.6) is 0 Å². The molecule has 1 rings (SSSR count). The Hall–Kier alpha value is -1.33. The van der Waals surface area contributed by atoms with E-state index < -0.39 is 10.0 Å². The Labute approximate surface area is 118 Å². The van der Waals surface area contributed by atoms with Gasteiger partial charge in [0.05, 0.1) is 11.6 Å². The maximum atomic E-state index is 11.6. The van der Waals surface area contributed by atoms with Crippen molar-refractivity contribution < 1.29 is 13.2 Å². The van der Waals surface area contributed by atoms with Gasteiger partial charge in [0.2, 0.25) is 10.0 Å². The maximum Gasteiger partial charge on any atom is 0.232 e. The van der Waals surface area contributed by atoms with Crippen molar-refractivity contribution in [2.75, 3.05) is 16.4 Å². The number of nitrogens with one attached hydrogen (secondary N) is 1. The van der Waals surface area contributed by atoms with Crippen molar-refractivity contribution in [1.29, 1.82) is 0 Å². The summed E-state index contributed by atoms with van der Waals surface area (Å²) in [5.41, 5.74) is 1.31. The van der Waals surface area contributed by atoms with Crippen LogP contribution >= 0.6 is 11.6 Å². The van der Waals surface area contributed by atoms with Crippen LogP contribution in [-0.2, 0) is 14.8 Å². The zero-order chi connectivity index (χ0) is 14.3. The Morgan fingerprint density at radius 2 is 1.95 bits per heavy atom. The second-order valence-electron chi connectivity index (χ2n) is 3.98. The number of halogens is 1. The van der Waals surface area contributed by atoms with Crippen LogP contribution in [0.3, 0.4) is 0 Å². The van der Waals surface area contributed by atoms with E-state index in [1.54, 1.807) is 37.3 Å². The summed E-state index contributed by atoms with van der Waals surface area (Å²) in [4.78, 5) is 11.0. The second kappa shape index (κ2) is 7.31.